The van der Waals surface area contributed by atoms with Gasteiger partial charge in [-0.2, -0.15) is 0 Å². The number of aliphatic hydroxyl groups excluding tert-OH is 1. The van der Waals surface area contributed by atoms with Gasteiger partial charge < -0.3 is 14.9 Å². The smallest absolute Gasteiger partial charge is 0.0613 e. The van der Waals surface area contributed by atoms with Gasteiger partial charge in [-0.25, -0.2) is 0 Å². The van der Waals surface area contributed by atoms with Crippen LogP contribution in [0.4, 0.5) is 0 Å². The first-order valence-corrected chi connectivity index (χ1v) is 11.7. The largest absolute Gasteiger partial charge is 0.393 e. The second kappa shape index (κ2) is 9.08. The second-order valence-electron chi connectivity index (χ2n) is 10.7. The monoisotopic (exact) mass is 402 g/mol. The molecule has 164 valence electrons. The van der Waals surface area contributed by atoms with Crippen LogP contribution in [0.1, 0.15) is 85.5 Å². The van der Waals surface area contributed by atoms with Gasteiger partial charge in [-0.3, -0.25) is 0 Å². The summed E-state index contributed by atoms with van der Waals surface area (Å²) >= 11 is 0. The van der Waals surface area contributed by atoms with Gasteiger partial charge in [0.25, 0.3) is 0 Å². The summed E-state index contributed by atoms with van der Waals surface area (Å²) in [6, 6.07) is 0. The Hall–Kier alpha value is -0.900. The highest BCUT2D eigenvalue weighted by Crippen LogP contribution is 2.58. The van der Waals surface area contributed by atoms with E-state index >= 15 is 0 Å². The van der Waals surface area contributed by atoms with Gasteiger partial charge in [0, 0.05) is 6.61 Å². The third kappa shape index (κ3) is 5.42. The molecule has 3 aliphatic rings. The molecule has 0 aromatic heterocycles. The Morgan fingerprint density at radius 1 is 1.24 bits per heavy atom. The number of allylic oxidation sites excluding steroid dienone is 4. The van der Waals surface area contributed by atoms with Crippen LogP contribution in [0.3, 0.4) is 0 Å². The maximum absolute atomic E-state index is 10.0. The van der Waals surface area contributed by atoms with Crippen LogP contribution >= 0.6 is 0 Å². The highest BCUT2D eigenvalue weighted by atomic mass is 16.5. The van der Waals surface area contributed by atoms with Gasteiger partial charge >= 0.3 is 0 Å². The molecule has 3 nitrogen and oxygen atoms in total. The lowest BCUT2D eigenvalue weighted by molar-refractivity contribution is -0.0454. The zero-order chi connectivity index (χ0) is 21.2. The standard InChI is InChI=1S/C26H42O3/c1-18-8-11-22(27)17-21(18)10-9-20-7-6-14-26(5)23(12-13-24(20)26)19(2)29-16-15-25(3,4)28/h9-10,19,22-24,27-28H,1,6-8,11-17H2,2-5H3/b20-9+,21-10-/t19-,22-,23+,24-,26+/m0/s1. The molecule has 29 heavy (non-hydrogen) atoms. The van der Waals surface area contributed by atoms with E-state index < -0.39 is 5.60 Å². The van der Waals surface area contributed by atoms with E-state index in [0.29, 0.717) is 30.3 Å². The molecule has 3 saturated carbocycles. The number of hydrogen-bond acceptors (Lipinski definition) is 3. The van der Waals surface area contributed by atoms with E-state index in [4.69, 9.17) is 4.74 Å². The number of fused-ring (bicyclic) bond motifs is 1. The van der Waals surface area contributed by atoms with Gasteiger partial charge in [0.15, 0.2) is 0 Å². The summed E-state index contributed by atoms with van der Waals surface area (Å²) in [6.07, 6.45) is 14.0. The molecule has 2 N–H and O–H groups in total. The van der Waals surface area contributed by atoms with Crippen molar-refractivity contribution >= 4 is 0 Å². The molecule has 0 radical (unpaired) electrons. The Bertz CT molecular complexity index is 653. The van der Waals surface area contributed by atoms with Crippen LogP contribution in [-0.2, 0) is 4.74 Å². The predicted octanol–water partition coefficient (Wildman–Crippen LogP) is 5.72. The molecule has 5 atom stereocenters. The highest BCUT2D eigenvalue weighted by Gasteiger charge is 2.51. The molecule has 3 fully saturated rings. The number of ether oxygens (including phenoxy) is 1. The van der Waals surface area contributed by atoms with Crippen LogP contribution in [0.2, 0.25) is 0 Å². The minimum atomic E-state index is -0.660. The SMILES string of the molecule is C=C1CC[C@H](O)C/C1=C/C=C1\CCC[C@]2(C)[C@@H]([C@H](C)OCCC(C)(C)O)CC[C@@H]12. The fourth-order valence-electron chi connectivity index (χ4n) is 6.06. The summed E-state index contributed by atoms with van der Waals surface area (Å²) in [4.78, 5) is 0. The van der Waals surface area contributed by atoms with Crippen molar-refractivity contribution in [2.75, 3.05) is 6.61 Å². The van der Waals surface area contributed by atoms with Gasteiger partial charge in [-0.1, -0.05) is 36.8 Å². The van der Waals surface area contributed by atoms with Crippen molar-refractivity contribution in [1.82, 2.24) is 0 Å². The van der Waals surface area contributed by atoms with Crippen LogP contribution in [-0.4, -0.2) is 34.6 Å². The average molecular weight is 403 g/mol. The van der Waals surface area contributed by atoms with Gasteiger partial charge in [-0.05, 0) is 101 Å². The first-order valence-electron chi connectivity index (χ1n) is 11.7. The average Bonchev–Trinajstić information content (AvgIpc) is 2.99. The van der Waals surface area contributed by atoms with Crippen molar-refractivity contribution in [1.29, 1.82) is 0 Å². The van der Waals surface area contributed by atoms with Crippen molar-refractivity contribution in [3.05, 3.63) is 35.5 Å². The van der Waals surface area contributed by atoms with Gasteiger partial charge in [0.1, 0.15) is 0 Å². The van der Waals surface area contributed by atoms with E-state index in [1.807, 2.05) is 13.8 Å². The molecule has 0 amide bonds. The molecule has 0 spiro atoms. The molecular weight excluding hydrogens is 360 g/mol. The molecule has 0 aromatic rings. The van der Waals surface area contributed by atoms with Gasteiger partial charge in [0.05, 0.1) is 17.8 Å². The molecular formula is C26H42O3. The quantitative estimate of drug-likeness (QED) is 0.597. The summed E-state index contributed by atoms with van der Waals surface area (Å²) in [5.74, 6) is 1.22. The van der Waals surface area contributed by atoms with E-state index in [0.717, 1.165) is 19.3 Å². The summed E-state index contributed by atoms with van der Waals surface area (Å²) in [6.45, 7) is 13.2. The zero-order valence-electron chi connectivity index (χ0n) is 19.0. The van der Waals surface area contributed by atoms with E-state index in [-0.39, 0.29) is 12.2 Å². The molecule has 0 aliphatic heterocycles. The van der Waals surface area contributed by atoms with Crippen molar-refractivity contribution in [3.63, 3.8) is 0 Å². The zero-order valence-corrected chi connectivity index (χ0v) is 19.0. The molecule has 0 bridgehead atoms. The normalized spacial score (nSPS) is 37.2. The van der Waals surface area contributed by atoms with Gasteiger partial charge in [-0.15, -0.1) is 0 Å². The van der Waals surface area contributed by atoms with Crippen LogP contribution < -0.4 is 0 Å². The summed E-state index contributed by atoms with van der Waals surface area (Å²) in [7, 11) is 0. The molecule has 0 aromatic carbocycles. The lowest BCUT2D eigenvalue weighted by atomic mass is 9.62. The molecule has 0 heterocycles. The third-order valence-electron chi connectivity index (χ3n) is 7.89. The van der Waals surface area contributed by atoms with Crippen molar-refractivity contribution in [2.24, 2.45) is 17.3 Å². The fraction of sp³-hybridized carbons (Fsp3) is 0.769. The van der Waals surface area contributed by atoms with Crippen LogP contribution in [0.5, 0.6) is 0 Å². The topological polar surface area (TPSA) is 49.7 Å². The summed E-state index contributed by atoms with van der Waals surface area (Å²) in [5, 5.41) is 20.0. The van der Waals surface area contributed by atoms with Crippen molar-refractivity contribution in [3.8, 4) is 0 Å². The number of rotatable bonds is 6. The fourth-order valence-corrected chi connectivity index (χ4v) is 6.06. The maximum Gasteiger partial charge on any atom is 0.0613 e. The minimum absolute atomic E-state index is 0.209. The molecule has 0 saturated heterocycles. The van der Waals surface area contributed by atoms with Crippen molar-refractivity contribution in [2.45, 2.75) is 103 Å². The van der Waals surface area contributed by atoms with Crippen molar-refractivity contribution < 1.29 is 14.9 Å². The lowest BCUT2D eigenvalue weighted by Crippen LogP contribution is -2.39. The first-order chi connectivity index (χ1) is 13.6. The molecule has 3 aliphatic carbocycles. The van der Waals surface area contributed by atoms with Crippen LogP contribution in [0.15, 0.2) is 35.5 Å². The molecule has 0 unspecified atom stereocenters. The maximum atomic E-state index is 10.0. The second-order valence-corrected chi connectivity index (χ2v) is 10.7. The minimum Gasteiger partial charge on any atom is -0.393 e. The Kier molecular flexibility index (Phi) is 7.13. The van der Waals surface area contributed by atoms with Gasteiger partial charge in [0.2, 0.25) is 0 Å². The summed E-state index contributed by atoms with van der Waals surface area (Å²) in [5.41, 5.74) is 3.67. The Morgan fingerprint density at radius 2 is 2.00 bits per heavy atom. The number of aliphatic hydroxyl groups is 2. The highest BCUT2D eigenvalue weighted by molar-refractivity contribution is 5.36. The Morgan fingerprint density at radius 3 is 2.72 bits per heavy atom. The van der Waals surface area contributed by atoms with E-state index in [2.05, 4.69) is 32.6 Å². The van der Waals surface area contributed by atoms with E-state index in [9.17, 15) is 10.2 Å². The Labute approximate surface area is 177 Å². The molecule has 3 rings (SSSR count). The predicted molar refractivity (Wildman–Crippen MR) is 120 cm³/mol. The van der Waals surface area contributed by atoms with E-state index in [1.165, 1.54) is 43.3 Å². The molecule has 3 heteroatoms. The van der Waals surface area contributed by atoms with E-state index in [1.54, 1.807) is 5.57 Å². The Balaban J connectivity index is 1.68. The van der Waals surface area contributed by atoms with Crippen LogP contribution in [0, 0.1) is 17.3 Å². The third-order valence-corrected chi connectivity index (χ3v) is 7.89. The lowest BCUT2D eigenvalue weighted by Gasteiger charge is -2.44. The number of hydrogen-bond donors (Lipinski definition) is 2. The van der Waals surface area contributed by atoms with Crippen LogP contribution in [0.25, 0.3) is 0 Å². The summed E-state index contributed by atoms with van der Waals surface area (Å²) < 4.78 is 6.20. The first kappa shape index (κ1) is 22.8.